The number of para-hydroxylation sites is 2. The molecule has 1 heterocycles. The molecular formula is C18H17ClN2PdS2. The number of hydrazone groups is 1. The number of anilines is 2. The van der Waals surface area contributed by atoms with Crippen molar-refractivity contribution in [2.45, 2.75) is 6.92 Å². The zero-order valence-electron chi connectivity index (χ0n) is 13.1. The molecule has 1 saturated heterocycles. The first kappa shape index (κ1) is 19.6. The van der Waals surface area contributed by atoms with Crippen molar-refractivity contribution in [3.63, 3.8) is 0 Å². The van der Waals surface area contributed by atoms with Crippen LogP contribution in [0.3, 0.4) is 0 Å². The van der Waals surface area contributed by atoms with Gasteiger partial charge < -0.3 is 0 Å². The van der Waals surface area contributed by atoms with Crippen molar-refractivity contribution < 1.29 is 18.2 Å². The van der Waals surface area contributed by atoms with Crippen LogP contribution in [-0.2, 0) is 18.2 Å². The van der Waals surface area contributed by atoms with Crippen molar-refractivity contribution in [2.24, 2.45) is 5.10 Å². The summed E-state index contributed by atoms with van der Waals surface area (Å²) >= 11 is 6.03. The summed E-state index contributed by atoms with van der Waals surface area (Å²) in [5.41, 5.74) is 2.98. The molecule has 1 fully saturated rings. The van der Waals surface area contributed by atoms with Crippen LogP contribution < -0.4 is 5.01 Å². The van der Waals surface area contributed by atoms with Crippen LogP contribution in [0.1, 0.15) is 6.92 Å². The van der Waals surface area contributed by atoms with Crippen LogP contribution in [0.5, 0.6) is 0 Å². The Labute approximate surface area is 167 Å². The molecule has 1 aliphatic heterocycles. The molecule has 128 valence electrons. The van der Waals surface area contributed by atoms with E-state index in [1.165, 1.54) is 15.7 Å². The van der Waals surface area contributed by atoms with Crippen LogP contribution in [0.15, 0.2) is 70.0 Å². The third-order valence-corrected chi connectivity index (χ3v) is 5.66. The van der Waals surface area contributed by atoms with Gasteiger partial charge in [0.25, 0.3) is 0 Å². The summed E-state index contributed by atoms with van der Waals surface area (Å²) in [6.07, 6.45) is 2.17. The quantitative estimate of drug-likeness (QED) is 0.237. The number of halogens is 1. The second-order valence-corrected chi connectivity index (χ2v) is 7.33. The Morgan fingerprint density at radius 1 is 1.12 bits per heavy atom. The molecule has 1 aliphatic rings. The fourth-order valence-electron chi connectivity index (χ4n) is 2.10. The van der Waals surface area contributed by atoms with Gasteiger partial charge in [0.15, 0.2) is 0 Å². The summed E-state index contributed by atoms with van der Waals surface area (Å²) in [7, 11) is 4.49. The molecule has 0 saturated carbocycles. The van der Waals surface area contributed by atoms with Gasteiger partial charge in [-0.3, -0.25) is 5.01 Å². The molecule has 2 aromatic rings. The van der Waals surface area contributed by atoms with Gasteiger partial charge in [0.1, 0.15) is 0 Å². The summed E-state index contributed by atoms with van der Waals surface area (Å²) < 4.78 is 1.35. The van der Waals surface area contributed by atoms with Gasteiger partial charge in [-0.2, -0.15) is 29.4 Å². The van der Waals surface area contributed by atoms with E-state index in [4.69, 9.17) is 5.10 Å². The monoisotopic (exact) mass is 466 g/mol. The van der Waals surface area contributed by atoms with Crippen molar-refractivity contribution in [3.05, 3.63) is 71.0 Å². The van der Waals surface area contributed by atoms with Gasteiger partial charge in [-0.05, 0) is 30.8 Å². The molecule has 0 N–H and O–H groups in total. The number of benzene rings is 2. The summed E-state index contributed by atoms with van der Waals surface area (Å²) in [5, 5.41) is 6.74. The standard InChI is InChI=1S/C18H17N2S2.ClH.Pd/c1-15(14-18-21-12-13-22-18)19-20(16-8-4-2-5-9-16)17-10-6-3-7-11-17;;/h2-10,14H,12-13H2,1H3;1H;/q-1;;+2/p-1/b19-15+;;. The van der Waals surface area contributed by atoms with Gasteiger partial charge in [-0.15, -0.1) is 29.6 Å². The summed E-state index contributed by atoms with van der Waals surface area (Å²) in [6.45, 7) is 2.05. The molecule has 0 radical (unpaired) electrons. The fraction of sp³-hybridized carbons (Fsp3) is 0.167. The first-order valence-electron chi connectivity index (χ1n) is 7.29. The summed E-state index contributed by atoms with van der Waals surface area (Å²) in [6, 6.07) is 21.4. The topological polar surface area (TPSA) is 15.6 Å². The van der Waals surface area contributed by atoms with Crippen molar-refractivity contribution in [1.82, 2.24) is 0 Å². The molecule has 3 rings (SSSR count). The third-order valence-electron chi connectivity index (χ3n) is 3.08. The Balaban J connectivity index is 0.00000100. The van der Waals surface area contributed by atoms with Crippen molar-refractivity contribution in [2.75, 3.05) is 16.5 Å². The summed E-state index contributed by atoms with van der Waals surface area (Å²) in [4.78, 5) is 0. The predicted molar refractivity (Wildman–Crippen MR) is 106 cm³/mol. The Bertz CT molecular complexity index is 630. The Morgan fingerprint density at radius 2 is 1.79 bits per heavy atom. The maximum absolute atomic E-state index is 4.80. The second kappa shape index (κ2) is 11.0. The average Bonchev–Trinajstić information content (AvgIpc) is 3.16. The van der Waals surface area contributed by atoms with Crippen LogP contribution in [0.2, 0.25) is 0 Å². The zero-order valence-corrected chi connectivity index (χ0v) is 17.0. The maximum atomic E-state index is 4.80. The van der Waals surface area contributed by atoms with Crippen LogP contribution in [0.25, 0.3) is 0 Å². The molecule has 0 amide bonds. The molecular weight excluding hydrogens is 450 g/mol. The Morgan fingerprint density at radius 3 is 2.42 bits per heavy atom. The van der Waals surface area contributed by atoms with Crippen molar-refractivity contribution in [1.29, 1.82) is 0 Å². The normalized spacial score (nSPS) is 14.0. The van der Waals surface area contributed by atoms with Gasteiger partial charge in [-0.25, -0.2) is 0 Å². The number of thioether (sulfide) groups is 2. The van der Waals surface area contributed by atoms with Gasteiger partial charge in [0.2, 0.25) is 0 Å². The van der Waals surface area contributed by atoms with Crippen LogP contribution >= 0.6 is 33.1 Å². The van der Waals surface area contributed by atoms with Crippen LogP contribution in [-0.4, -0.2) is 17.2 Å². The van der Waals surface area contributed by atoms with E-state index in [2.05, 4.69) is 52.0 Å². The van der Waals surface area contributed by atoms with E-state index in [-0.39, 0.29) is 0 Å². The van der Waals surface area contributed by atoms with Gasteiger partial charge >= 0.3 is 27.7 Å². The molecule has 2 aromatic carbocycles. The van der Waals surface area contributed by atoms with Crippen LogP contribution in [0.4, 0.5) is 11.4 Å². The molecule has 0 unspecified atom stereocenters. The molecule has 0 bridgehead atoms. The first-order valence-corrected chi connectivity index (χ1v) is 11.3. The number of rotatable bonds is 4. The van der Waals surface area contributed by atoms with Crippen LogP contribution in [0, 0.1) is 6.07 Å². The third kappa shape index (κ3) is 5.99. The minimum atomic E-state index is 0.943. The van der Waals surface area contributed by atoms with E-state index >= 15 is 0 Å². The fourth-order valence-corrected chi connectivity index (χ4v) is 4.51. The van der Waals surface area contributed by atoms with Gasteiger partial charge in [-0.1, -0.05) is 18.2 Å². The van der Waals surface area contributed by atoms with Gasteiger partial charge in [0, 0.05) is 15.7 Å². The van der Waals surface area contributed by atoms with Gasteiger partial charge in [0.05, 0.1) is 11.4 Å². The molecule has 0 aromatic heterocycles. The molecule has 0 aliphatic carbocycles. The number of allylic oxidation sites excluding steroid dienone is 1. The SMILES string of the molecule is C/C(C=C1SCCS1)=N\N(c1[c-]cccc1)c1ccccc1.[Cl][Pd+]. The Kier molecular flexibility index (Phi) is 9.01. The van der Waals surface area contributed by atoms with Crippen molar-refractivity contribution >= 4 is 50.1 Å². The average molecular weight is 467 g/mol. The summed E-state index contributed by atoms with van der Waals surface area (Å²) in [5.74, 6) is 2.39. The number of hydrogen-bond acceptors (Lipinski definition) is 4. The number of nitrogens with zero attached hydrogens (tertiary/aromatic N) is 2. The number of hydrogen-bond donors (Lipinski definition) is 0. The second-order valence-electron chi connectivity index (χ2n) is 4.80. The van der Waals surface area contributed by atoms with E-state index in [0.717, 1.165) is 17.1 Å². The van der Waals surface area contributed by atoms with E-state index in [0.29, 0.717) is 0 Å². The molecule has 6 heteroatoms. The molecule has 2 nitrogen and oxygen atoms in total. The first-order chi connectivity index (χ1) is 11.8. The zero-order chi connectivity index (χ0) is 17.2. The predicted octanol–water partition coefficient (Wildman–Crippen LogP) is 6.01. The van der Waals surface area contributed by atoms with E-state index in [9.17, 15) is 0 Å². The molecule has 24 heavy (non-hydrogen) atoms. The minimum absolute atomic E-state index is 0.943. The van der Waals surface area contributed by atoms with Crippen molar-refractivity contribution in [3.8, 4) is 0 Å². The Hall–Kier alpha value is -0.698. The van der Waals surface area contributed by atoms with E-state index < -0.39 is 0 Å². The van der Waals surface area contributed by atoms with E-state index in [1.807, 2.05) is 77.9 Å². The van der Waals surface area contributed by atoms with E-state index in [1.54, 1.807) is 0 Å². The molecule has 0 atom stereocenters. The molecule has 0 spiro atoms.